The maximum absolute atomic E-state index is 11.6. The van der Waals surface area contributed by atoms with Crippen molar-refractivity contribution >= 4 is 5.97 Å². The fraction of sp³-hybridized carbons (Fsp3) is 0.833. The normalized spacial score (nSPS) is 43.3. The monoisotopic (exact) mass is 472 g/mol. The number of rotatable bonds is 10. The van der Waals surface area contributed by atoms with Crippen LogP contribution in [0.2, 0.25) is 0 Å². The first-order chi connectivity index (χ1) is 16.0. The van der Waals surface area contributed by atoms with E-state index in [4.69, 9.17) is 0 Å². The molecule has 4 aliphatic carbocycles. The Morgan fingerprint density at radius 2 is 1.82 bits per heavy atom. The van der Waals surface area contributed by atoms with Crippen molar-refractivity contribution in [2.45, 2.75) is 98.3 Å². The summed E-state index contributed by atoms with van der Waals surface area (Å²) in [5.41, 5.74) is 2.95. The number of aliphatic hydroxyl groups excluding tert-OH is 2. The Morgan fingerprint density at radius 3 is 2.44 bits per heavy atom. The van der Waals surface area contributed by atoms with E-state index in [2.05, 4.69) is 40.3 Å². The summed E-state index contributed by atoms with van der Waals surface area (Å²) < 4.78 is 0. The van der Waals surface area contributed by atoms with Crippen LogP contribution in [0.4, 0.5) is 0 Å². The largest absolute Gasteiger partial charge is 0.481 e. The summed E-state index contributed by atoms with van der Waals surface area (Å²) >= 11 is 0. The highest BCUT2D eigenvalue weighted by Gasteiger charge is 2.80. The van der Waals surface area contributed by atoms with Crippen LogP contribution in [0.25, 0.3) is 0 Å². The van der Waals surface area contributed by atoms with Crippen molar-refractivity contribution in [1.82, 2.24) is 0 Å². The molecule has 4 aliphatic rings. The molecule has 0 aliphatic heterocycles. The van der Waals surface area contributed by atoms with Gasteiger partial charge in [0.15, 0.2) is 0 Å². The smallest absolute Gasteiger partial charge is 0.303 e. The van der Waals surface area contributed by atoms with Gasteiger partial charge in [0.05, 0.1) is 6.61 Å². The number of allylic oxidation sites excluding steroid dienone is 2. The van der Waals surface area contributed by atoms with E-state index in [1.165, 1.54) is 37.7 Å². The van der Waals surface area contributed by atoms with Crippen LogP contribution in [-0.4, -0.2) is 34.5 Å². The number of aliphatic carboxylic acids is 1. The molecule has 192 valence electrons. The second kappa shape index (κ2) is 9.07. The Bertz CT molecular complexity index is 843. The van der Waals surface area contributed by atoms with Gasteiger partial charge in [-0.25, -0.2) is 0 Å². The fourth-order valence-electron chi connectivity index (χ4n) is 10.1. The zero-order chi connectivity index (χ0) is 24.9. The Hall–Kier alpha value is -1.13. The van der Waals surface area contributed by atoms with Gasteiger partial charge < -0.3 is 15.3 Å². The summed E-state index contributed by atoms with van der Waals surface area (Å²) in [4.78, 5) is 11.6. The van der Waals surface area contributed by atoms with Gasteiger partial charge in [-0.2, -0.15) is 0 Å². The van der Waals surface area contributed by atoms with Crippen LogP contribution in [0.1, 0.15) is 98.3 Å². The van der Waals surface area contributed by atoms with Crippen molar-refractivity contribution in [3.8, 4) is 0 Å². The molecule has 0 bridgehead atoms. The average molecular weight is 473 g/mol. The van der Waals surface area contributed by atoms with Crippen molar-refractivity contribution in [3.05, 3.63) is 23.8 Å². The highest BCUT2D eigenvalue weighted by molar-refractivity contribution is 5.67. The SMILES string of the molecule is C=C(CO)[C@@H]1CC[C@@H]2[C@]3(CC[C@@]4(C)[C@H]([C@H](CO)CCC=C(C)C)CC[C@@]24C)C[C@]13CCC(=O)O. The van der Waals surface area contributed by atoms with E-state index in [1.807, 2.05) is 0 Å². The van der Waals surface area contributed by atoms with Crippen LogP contribution in [-0.2, 0) is 4.79 Å². The molecule has 4 rings (SSSR count). The Labute approximate surface area is 206 Å². The molecule has 0 aromatic heterocycles. The Kier molecular flexibility index (Phi) is 6.92. The summed E-state index contributed by atoms with van der Waals surface area (Å²) in [6.07, 6.45) is 13.4. The number of carbonyl (C=O) groups is 1. The van der Waals surface area contributed by atoms with Gasteiger partial charge >= 0.3 is 5.97 Å². The van der Waals surface area contributed by atoms with Gasteiger partial charge in [0.1, 0.15) is 0 Å². The molecule has 0 amide bonds. The Morgan fingerprint density at radius 1 is 1.09 bits per heavy atom. The lowest BCUT2D eigenvalue weighted by Gasteiger charge is -2.61. The van der Waals surface area contributed by atoms with Crippen molar-refractivity contribution in [1.29, 1.82) is 0 Å². The molecule has 34 heavy (non-hydrogen) atoms. The maximum atomic E-state index is 11.6. The number of carboxylic acid groups (broad SMARTS) is 1. The predicted octanol–water partition coefficient (Wildman–Crippen LogP) is 6.37. The first-order valence-electron chi connectivity index (χ1n) is 13.8. The summed E-state index contributed by atoms with van der Waals surface area (Å²) in [5.74, 6) is 1.08. The molecule has 8 atom stereocenters. The van der Waals surface area contributed by atoms with Crippen LogP contribution < -0.4 is 0 Å². The molecule has 0 aromatic carbocycles. The summed E-state index contributed by atoms with van der Waals surface area (Å²) in [6.45, 7) is 13.9. The molecule has 4 saturated carbocycles. The Balaban J connectivity index is 1.62. The van der Waals surface area contributed by atoms with Crippen LogP contribution in [0, 0.1) is 45.3 Å². The number of hydrogen-bond donors (Lipinski definition) is 3. The predicted molar refractivity (Wildman–Crippen MR) is 136 cm³/mol. The van der Waals surface area contributed by atoms with E-state index in [9.17, 15) is 20.1 Å². The third-order valence-corrected chi connectivity index (χ3v) is 11.9. The van der Waals surface area contributed by atoms with E-state index < -0.39 is 5.97 Å². The highest BCUT2D eigenvalue weighted by atomic mass is 16.4. The van der Waals surface area contributed by atoms with Gasteiger partial charge in [0, 0.05) is 13.0 Å². The minimum Gasteiger partial charge on any atom is -0.481 e. The maximum Gasteiger partial charge on any atom is 0.303 e. The number of fused-ring (bicyclic) bond motifs is 2. The molecule has 1 spiro atoms. The lowest BCUT2D eigenvalue weighted by atomic mass is 9.43. The second-order valence-corrected chi connectivity index (χ2v) is 13.2. The van der Waals surface area contributed by atoms with Gasteiger partial charge in [-0.1, -0.05) is 32.1 Å². The van der Waals surface area contributed by atoms with E-state index in [1.54, 1.807) is 0 Å². The average Bonchev–Trinajstić information content (AvgIpc) is 3.39. The van der Waals surface area contributed by atoms with Crippen molar-refractivity contribution in [3.63, 3.8) is 0 Å². The van der Waals surface area contributed by atoms with Gasteiger partial charge in [-0.05, 0) is 129 Å². The van der Waals surface area contributed by atoms with Crippen LogP contribution in [0.3, 0.4) is 0 Å². The topological polar surface area (TPSA) is 77.8 Å². The molecule has 3 N–H and O–H groups in total. The van der Waals surface area contributed by atoms with E-state index in [0.717, 1.165) is 37.7 Å². The van der Waals surface area contributed by atoms with Gasteiger partial charge in [0.2, 0.25) is 0 Å². The zero-order valence-corrected chi connectivity index (χ0v) is 22.0. The standard InChI is InChI=1S/C30H48O4/c1-20(2)7-6-8-22(18-32)24-11-13-28(5)25-10-9-23(21(3)17-31)29(14-12-26(33)34)19-30(25,29)16-15-27(24,28)4/h7,22-25,31-32H,3,6,8-19H2,1-2,4-5H3,(H,33,34)/t22-,23-,24-,25-,27-,28-,29+,30-/m0/s1. The lowest BCUT2D eigenvalue weighted by Crippen LogP contribution is -2.54. The van der Waals surface area contributed by atoms with Crippen LogP contribution in [0.15, 0.2) is 23.8 Å². The molecule has 0 aromatic rings. The molecular weight excluding hydrogens is 424 g/mol. The second-order valence-electron chi connectivity index (χ2n) is 13.2. The number of hydrogen-bond acceptors (Lipinski definition) is 3. The molecule has 0 unspecified atom stereocenters. The van der Waals surface area contributed by atoms with Crippen molar-refractivity contribution in [2.24, 2.45) is 45.3 Å². The number of aliphatic hydroxyl groups is 2. The first-order valence-corrected chi connectivity index (χ1v) is 13.8. The minimum absolute atomic E-state index is 0.0103. The fourth-order valence-corrected chi connectivity index (χ4v) is 10.1. The van der Waals surface area contributed by atoms with Crippen molar-refractivity contribution in [2.75, 3.05) is 13.2 Å². The highest BCUT2D eigenvalue weighted by Crippen LogP contribution is 2.87. The third-order valence-electron chi connectivity index (χ3n) is 11.9. The molecule has 0 radical (unpaired) electrons. The molecular formula is C30H48O4. The molecule has 0 heterocycles. The van der Waals surface area contributed by atoms with E-state index in [0.29, 0.717) is 17.8 Å². The van der Waals surface area contributed by atoms with E-state index >= 15 is 0 Å². The lowest BCUT2D eigenvalue weighted by molar-refractivity contribution is -0.139. The van der Waals surface area contributed by atoms with Gasteiger partial charge in [-0.3, -0.25) is 4.79 Å². The molecule has 0 saturated heterocycles. The van der Waals surface area contributed by atoms with Gasteiger partial charge in [0.25, 0.3) is 0 Å². The molecule has 4 nitrogen and oxygen atoms in total. The van der Waals surface area contributed by atoms with Crippen molar-refractivity contribution < 1.29 is 20.1 Å². The quantitative estimate of drug-likeness (QED) is 0.323. The summed E-state index contributed by atoms with van der Waals surface area (Å²) in [5, 5.41) is 29.9. The van der Waals surface area contributed by atoms with Crippen LogP contribution in [0.5, 0.6) is 0 Å². The minimum atomic E-state index is -0.707. The summed E-state index contributed by atoms with van der Waals surface area (Å²) in [7, 11) is 0. The third kappa shape index (κ3) is 3.65. The van der Waals surface area contributed by atoms with Crippen LogP contribution >= 0.6 is 0 Å². The number of carboxylic acids is 1. The molecule has 4 heteroatoms. The van der Waals surface area contributed by atoms with E-state index in [-0.39, 0.29) is 47.2 Å². The molecule has 4 fully saturated rings. The first kappa shape index (κ1) is 25.9. The summed E-state index contributed by atoms with van der Waals surface area (Å²) in [6, 6.07) is 0. The zero-order valence-electron chi connectivity index (χ0n) is 22.0. The van der Waals surface area contributed by atoms with Gasteiger partial charge in [-0.15, -0.1) is 0 Å².